The molecule has 1 heterocycles. The van der Waals surface area contributed by atoms with E-state index in [1.807, 2.05) is 0 Å². The molecule has 7 heteroatoms. The quantitative estimate of drug-likeness (QED) is 0.855. The first-order valence-corrected chi connectivity index (χ1v) is 8.88. The Balaban J connectivity index is 2.39. The fourth-order valence-electron chi connectivity index (χ4n) is 2.38. The van der Waals surface area contributed by atoms with Gasteiger partial charge in [-0.2, -0.15) is 5.26 Å². The van der Waals surface area contributed by atoms with E-state index in [1.165, 1.54) is 24.3 Å². The molecule has 0 radical (unpaired) electrons. The second-order valence-electron chi connectivity index (χ2n) is 5.45. The summed E-state index contributed by atoms with van der Waals surface area (Å²) in [6.07, 6.45) is 1.86. The summed E-state index contributed by atoms with van der Waals surface area (Å²) < 4.78 is 25.2. The maximum atomic E-state index is 12.6. The summed E-state index contributed by atoms with van der Waals surface area (Å²) in [7, 11) is -3.94. The molecule has 0 atom stereocenters. The minimum absolute atomic E-state index is 0.0155. The lowest BCUT2D eigenvalue weighted by Gasteiger charge is -2.32. The van der Waals surface area contributed by atoms with Crippen LogP contribution < -0.4 is 5.73 Å². The lowest BCUT2D eigenvalue weighted by atomic mass is 9.99. The maximum Gasteiger partial charge on any atom is 0.220 e. The highest BCUT2D eigenvalue weighted by molar-refractivity contribution is 7.95. The van der Waals surface area contributed by atoms with E-state index in [-0.39, 0.29) is 10.7 Å². The van der Waals surface area contributed by atoms with Gasteiger partial charge in [0.15, 0.2) is 4.91 Å². The summed E-state index contributed by atoms with van der Waals surface area (Å²) in [6, 6.07) is 7.46. The predicted molar refractivity (Wildman–Crippen MR) is 85.4 cm³/mol. The highest BCUT2D eigenvalue weighted by Gasteiger charge is 2.27. The first kappa shape index (κ1) is 16.7. The molecule has 0 aromatic heterocycles. The van der Waals surface area contributed by atoms with Gasteiger partial charge in [0.25, 0.3) is 0 Å². The average Bonchev–Trinajstić information content (AvgIpc) is 2.48. The van der Waals surface area contributed by atoms with Gasteiger partial charge < -0.3 is 10.6 Å². The molecule has 1 aromatic rings. The summed E-state index contributed by atoms with van der Waals surface area (Å²) >= 11 is 5.77. The van der Waals surface area contributed by atoms with Crippen LogP contribution in [-0.2, 0) is 9.84 Å². The molecular formula is C15H18ClN3O2S. The number of nitrogens with zero attached hydrogens (tertiary/aromatic N) is 2. The van der Waals surface area contributed by atoms with Crippen molar-refractivity contribution < 1.29 is 8.42 Å². The first-order valence-electron chi connectivity index (χ1n) is 7.01. The minimum atomic E-state index is -3.94. The Kier molecular flexibility index (Phi) is 4.99. The Hall–Kier alpha value is -1.71. The number of sulfone groups is 1. The molecule has 118 valence electrons. The highest BCUT2D eigenvalue weighted by atomic mass is 35.5. The highest BCUT2D eigenvalue weighted by Crippen LogP contribution is 2.25. The van der Waals surface area contributed by atoms with Crippen LogP contribution >= 0.6 is 11.6 Å². The van der Waals surface area contributed by atoms with Crippen LogP contribution in [0.5, 0.6) is 0 Å². The molecule has 0 saturated carbocycles. The molecular weight excluding hydrogens is 322 g/mol. The molecule has 0 bridgehead atoms. The smallest absolute Gasteiger partial charge is 0.220 e. The summed E-state index contributed by atoms with van der Waals surface area (Å²) in [4.78, 5) is 1.39. The average molecular weight is 340 g/mol. The first-order chi connectivity index (χ1) is 10.4. The van der Waals surface area contributed by atoms with Crippen molar-refractivity contribution in [2.45, 2.75) is 24.7 Å². The van der Waals surface area contributed by atoms with Gasteiger partial charge in [0, 0.05) is 18.1 Å². The molecule has 1 aliphatic rings. The monoisotopic (exact) mass is 339 g/mol. The zero-order valence-corrected chi connectivity index (χ0v) is 13.9. The summed E-state index contributed by atoms with van der Waals surface area (Å²) in [5.74, 6) is 0.617. The van der Waals surface area contributed by atoms with Crippen LogP contribution in [0.3, 0.4) is 0 Å². The number of likely N-dealkylation sites (tertiary alicyclic amines) is 1. The molecule has 0 aliphatic carbocycles. The topological polar surface area (TPSA) is 87.2 Å². The van der Waals surface area contributed by atoms with Gasteiger partial charge in [0.1, 0.15) is 11.9 Å². The third kappa shape index (κ3) is 3.37. The number of rotatable bonds is 3. The normalized spacial score (nSPS) is 17.8. The number of nitrogens with two attached hydrogens (primary N) is 1. The van der Waals surface area contributed by atoms with E-state index < -0.39 is 14.7 Å². The van der Waals surface area contributed by atoms with Crippen molar-refractivity contribution >= 4 is 21.4 Å². The molecule has 1 fully saturated rings. The van der Waals surface area contributed by atoms with Gasteiger partial charge in [0.2, 0.25) is 9.84 Å². The van der Waals surface area contributed by atoms with Crippen LogP contribution in [0, 0.1) is 17.2 Å². The van der Waals surface area contributed by atoms with Gasteiger partial charge in [-0.25, -0.2) is 8.42 Å². The van der Waals surface area contributed by atoms with Gasteiger partial charge in [-0.05, 0) is 43.0 Å². The standard InChI is InChI=1S/C15H18ClN3O2S/c1-11-6-8-19(9-7-11)15(18)14(10-17)22(20,21)13-4-2-12(16)3-5-13/h2-5,11H,6-9,18H2,1H3/b15-14-. The fraction of sp³-hybridized carbons (Fsp3) is 0.400. The zero-order chi connectivity index (χ0) is 16.3. The maximum absolute atomic E-state index is 12.6. The van der Waals surface area contributed by atoms with Crippen molar-refractivity contribution in [3.05, 3.63) is 40.0 Å². The van der Waals surface area contributed by atoms with E-state index in [1.54, 1.807) is 11.0 Å². The van der Waals surface area contributed by atoms with Crippen LogP contribution in [0.4, 0.5) is 0 Å². The molecule has 22 heavy (non-hydrogen) atoms. The van der Waals surface area contributed by atoms with Gasteiger partial charge in [-0.15, -0.1) is 0 Å². The summed E-state index contributed by atoms with van der Waals surface area (Å²) in [6.45, 7) is 3.47. The zero-order valence-electron chi connectivity index (χ0n) is 12.3. The molecule has 0 spiro atoms. The van der Waals surface area contributed by atoms with Crippen LogP contribution in [0.2, 0.25) is 5.02 Å². The minimum Gasteiger partial charge on any atom is -0.384 e. The van der Waals surface area contributed by atoms with E-state index in [0.29, 0.717) is 24.0 Å². The van der Waals surface area contributed by atoms with E-state index in [4.69, 9.17) is 17.3 Å². The van der Waals surface area contributed by atoms with E-state index in [9.17, 15) is 13.7 Å². The predicted octanol–water partition coefficient (Wildman–Crippen LogP) is 2.50. The van der Waals surface area contributed by atoms with Gasteiger partial charge in [-0.1, -0.05) is 18.5 Å². The number of nitriles is 1. The number of halogens is 1. The molecule has 0 unspecified atom stereocenters. The van der Waals surface area contributed by atoms with Crippen molar-refractivity contribution in [1.82, 2.24) is 4.90 Å². The SMILES string of the molecule is CC1CCN(/C(N)=C(/C#N)S(=O)(=O)c2ccc(Cl)cc2)CC1. The number of benzene rings is 1. The third-order valence-corrected chi connectivity index (χ3v) is 5.83. The van der Waals surface area contributed by atoms with Gasteiger partial charge in [-0.3, -0.25) is 0 Å². The van der Waals surface area contributed by atoms with Gasteiger partial charge >= 0.3 is 0 Å². The largest absolute Gasteiger partial charge is 0.384 e. The Morgan fingerprint density at radius 2 is 1.86 bits per heavy atom. The Bertz CT molecular complexity index is 712. The Morgan fingerprint density at radius 3 is 2.36 bits per heavy atom. The molecule has 2 rings (SSSR count). The molecule has 5 nitrogen and oxygen atoms in total. The lowest BCUT2D eigenvalue weighted by Crippen LogP contribution is -2.37. The van der Waals surface area contributed by atoms with Crippen LogP contribution in [0.15, 0.2) is 39.9 Å². The van der Waals surface area contributed by atoms with Gasteiger partial charge in [0.05, 0.1) is 4.90 Å². The molecule has 1 aliphatic heterocycles. The van der Waals surface area contributed by atoms with Crippen molar-refractivity contribution in [1.29, 1.82) is 5.26 Å². The number of hydrogen-bond acceptors (Lipinski definition) is 5. The van der Waals surface area contributed by atoms with Crippen molar-refractivity contribution in [3.63, 3.8) is 0 Å². The van der Waals surface area contributed by atoms with Crippen molar-refractivity contribution in [2.75, 3.05) is 13.1 Å². The molecule has 2 N–H and O–H groups in total. The van der Waals surface area contributed by atoms with Crippen LogP contribution in [0.25, 0.3) is 0 Å². The van der Waals surface area contributed by atoms with E-state index >= 15 is 0 Å². The second kappa shape index (κ2) is 6.59. The Morgan fingerprint density at radius 1 is 1.32 bits per heavy atom. The van der Waals surface area contributed by atoms with E-state index in [2.05, 4.69) is 6.92 Å². The second-order valence-corrected chi connectivity index (χ2v) is 7.78. The fourth-order valence-corrected chi connectivity index (χ4v) is 3.76. The van der Waals surface area contributed by atoms with Crippen LogP contribution in [0.1, 0.15) is 19.8 Å². The van der Waals surface area contributed by atoms with Crippen molar-refractivity contribution in [3.8, 4) is 6.07 Å². The van der Waals surface area contributed by atoms with Crippen LogP contribution in [-0.4, -0.2) is 26.4 Å². The number of piperidine rings is 1. The third-order valence-electron chi connectivity index (χ3n) is 3.85. The number of allylic oxidation sites excluding steroid dienone is 1. The molecule has 1 aromatic carbocycles. The molecule has 1 saturated heterocycles. The molecule has 0 amide bonds. The van der Waals surface area contributed by atoms with Crippen molar-refractivity contribution in [2.24, 2.45) is 11.7 Å². The summed E-state index contributed by atoms with van der Waals surface area (Å²) in [5, 5.41) is 9.74. The summed E-state index contributed by atoms with van der Waals surface area (Å²) in [5.41, 5.74) is 5.98. The Labute approximate surface area is 135 Å². The van der Waals surface area contributed by atoms with E-state index in [0.717, 1.165) is 12.8 Å². The number of hydrogen-bond donors (Lipinski definition) is 1. The lowest BCUT2D eigenvalue weighted by molar-refractivity contribution is 0.235.